The predicted molar refractivity (Wildman–Crippen MR) is 82.0 cm³/mol. The Morgan fingerprint density at radius 1 is 1.42 bits per heavy atom. The van der Waals surface area contributed by atoms with E-state index in [1.807, 2.05) is 6.07 Å². The van der Waals surface area contributed by atoms with E-state index < -0.39 is 0 Å². The van der Waals surface area contributed by atoms with Crippen molar-refractivity contribution in [3.05, 3.63) is 22.7 Å². The maximum Gasteiger partial charge on any atom is 0.267 e. The van der Waals surface area contributed by atoms with Crippen LogP contribution < -0.4 is 5.32 Å². The first kappa shape index (κ1) is 14.1. The lowest BCUT2D eigenvalue weighted by Crippen LogP contribution is -2.27. The molecule has 0 spiro atoms. The zero-order chi connectivity index (χ0) is 14.0. The Balaban J connectivity index is 2.41. The molecule has 4 heteroatoms. The Bertz CT molecular complexity index is 580. The number of aromatic nitrogens is 1. The number of aryl methyl sites for hydroxylation is 1. The third kappa shape index (κ3) is 3.00. The van der Waals surface area contributed by atoms with E-state index in [9.17, 15) is 4.79 Å². The van der Waals surface area contributed by atoms with Crippen LogP contribution in [-0.4, -0.2) is 17.0 Å². The molecule has 0 radical (unpaired) electrons. The Labute approximate surface area is 118 Å². The summed E-state index contributed by atoms with van der Waals surface area (Å²) in [5.41, 5.74) is 1.99. The van der Waals surface area contributed by atoms with Crippen LogP contribution in [0.25, 0.3) is 10.2 Å². The van der Waals surface area contributed by atoms with Gasteiger partial charge in [-0.05, 0) is 31.4 Å². The van der Waals surface area contributed by atoms with Crippen LogP contribution in [0.4, 0.5) is 0 Å². The van der Waals surface area contributed by atoms with Crippen LogP contribution in [0, 0.1) is 12.8 Å². The Hall–Kier alpha value is -1.29. The molecule has 2 aromatic heterocycles. The van der Waals surface area contributed by atoms with Crippen LogP contribution in [-0.2, 0) is 6.54 Å². The number of carbonyl (C=O) groups is 1. The summed E-state index contributed by atoms with van der Waals surface area (Å²) < 4.78 is 3.37. The van der Waals surface area contributed by atoms with E-state index in [2.05, 4.69) is 43.6 Å². The number of rotatable bonds is 5. The van der Waals surface area contributed by atoms with Gasteiger partial charge in [0.05, 0.1) is 10.2 Å². The number of hydrogen-bond donors (Lipinski definition) is 1. The molecule has 0 aliphatic carbocycles. The van der Waals surface area contributed by atoms with Crippen molar-refractivity contribution in [2.45, 2.75) is 40.7 Å². The highest BCUT2D eigenvalue weighted by Gasteiger charge is 2.17. The number of nitrogens with one attached hydrogen (secondary N) is 1. The summed E-state index contributed by atoms with van der Waals surface area (Å²) in [6.07, 6.45) is 0.962. The van der Waals surface area contributed by atoms with E-state index in [0.29, 0.717) is 5.92 Å². The lowest BCUT2D eigenvalue weighted by atomic mass is 10.2. The number of amides is 1. The lowest BCUT2D eigenvalue weighted by Gasteiger charge is -2.12. The summed E-state index contributed by atoms with van der Waals surface area (Å²) in [6.45, 7) is 10.2. The monoisotopic (exact) mass is 278 g/mol. The first-order valence-corrected chi connectivity index (χ1v) is 7.72. The third-order valence-electron chi connectivity index (χ3n) is 3.03. The molecule has 0 aliphatic heterocycles. The molecule has 0 saturated carbocycles. The minimum Gasteiger partial charge on any atom is -0.351 e. The van der Waals surface area contributed by atoms with Crippen molar-refractivity contribution in [2.75, 3.05) is 6.54 Å². The maximum absolute atomic E-state index is 12.2. The van der Waals surface area contributed by atoms with Gasteiger partial charge in [0.25, 0.3) is 5.91 Å². The summed E-state index contributed by atoms with van der Waals surface area (Å²) in [4.78, 5) is 13.5. The molecule has 0 atom stereocenters. The third-order valence-corrected chi connectivity index (χ3v) is 4.02. The molecule has 3 nitrogen and oxygen atoms in total. The van der Waals surface area contributed by atoms with Crippen molar-refractivity contribution in [3.8, 4) is 0 Å². The fourth-order valence-electron chi connectivity index (χ4n) is 2.24. The first-order valence-electron chi connectivity index (χ1n) is 6.90. The molecular formula is C15H22N2OS. The molecule has 2 aromatic rings. The molecule has 19 heavy (non-hydrogen) atoms. The number of fused-ring (bicyclic) bond motifs is 1. The van der Waals surface area contributed by atoms with Gasteiger partial charge in [-0.25, -0.2) is 0 Å². The molecule has 1 N–H and O–H groups in total. The van der Waals surface area contributed by atoms with Crippen molar-refractivity contribution in [3.63, 3.8) is 0 Å². The second kappa shape index (κ2) is 5.78. The van der Waals surface area contributed by atoms with E-state index in [1.165, 1.54) is 15.1 Å². The van der Waals surface area contributed by atoms with Gasteiger partial charge in [-0.2, -0.15) is 0 Å². The molecule has 0 aliphatic rings. The van der Waals surface area contributed by atoms with Gasteiger partial charge < -0.3 is 9.88 Å². The zero-order valence-electron chi connectivity index (χ0n) is 12.1. The van der Waals surface area contributed by atoms with Crippen molar-refractivity contribution < 1.29 is 4.79 Å². The Morgan fingerprint density at radius 3 is 2.79 bits per heavy atom. The molecular weight excluding hydrogens is 256 g/mol. The molecule has 0 aromatic carbocycles. The fourth-order valence-corrected chi connectivity index (χ4v) is 3.21. The number of carbonyl (C=O) groups excluding carboxylic acids is 1. The van der Waals surface area contributed by atoms with Crippen LogP contribution in [0.2, 0.25) is 0 Å². The summed E-state index contributed by atoms with van der Waals surface area (Å²) in [6, 6.07) is 4.21. The molecule has 2 rings (SSSR count). The van der Waals surface area contributed by atoms with Crippen LogP contribution in [0.1, 0.15) is 42.6 Å². The van der Waals surface area contributed by atoms with Crippen LogP contribution in [0.3, 0.4) is 0 Å². The molecule has 2 heterocycles. The van der Waals surface area contributed by atoms with E-state index in [1.54, 1.807) is 11.3 Å². The van der Waals surface area contributed by atoms with Gasteiger partial charge in [0, 0.05) is 18.0 Å². The van der Waals surface area contributed by atoms with Gasteiger partial charge in [-0.15, -0.1) is 11.3 Å². The Morgan fingerprint density at radius 2 is 2.16 bits per heavy atom. The van der Waals surface area contributed by atoms with Crippen molar-refractivity contribution >= 4 is 27.5 Å². The minimum absolute atomic E-state index is 0.0450. The van der Waals surface area contributed by atoms with Gasteiger partial charge in [-0.1, -0.05) is 20.8 Å². The standard InChI is InChI=1S/C15H22N2OS/c1-5-6-16-15(18)13-8-14-12(7-11(4)19-14)17(13)9-10(2)3/h7-8,10H,5-6,9H2,1-4H3,(H,16,18). The SMILES string of the molecule is CCCNC(=O)c1cc2sc(C)cc2n1CC(C)C. The summed E-state index contributed by atoms with van der Waals surface area (Å²) in [5.74, 6) is 0.567. The average Bonchev–Trinajstić information content (AvgIpc) is 2.84. The van der Waals surface area contributed by atoms with E-state index in [4.69, 9.17) is 0 Å². The number of hydrogen-bond acceptors (Lipinski definition) is 2. The second-order valence-electron chi connectivity index (χ2n) is 5.40. The van der Waals surface area contributed by atoms with Gasteiger partial charge in [0.15, 0.2) is 0 Å². The molecule has 0 saturated heterocycles. The second-order valence-corrected chi connectivity index (χ2v) is 6.68. The van der Waals surface area contributed by atoms with Crippen molar-refractivity contribution in [1.29, 1.82) is 0 Å². The maximum atomic E-state index is 12.2. The van der Waals surface area contributed by atoms with Crippen molar-refractivity contribution in [2.24, 2.45) is 5.92 Å². The average molecular weight is 278 g/mol. The zero-order valence-corrected chi connectivity index (χ0v) is 12.9. The molecule has 0 fully saturated rings. The van der Waals surface area contributed by atoms with Gasteiger partial charge >= 0.3 is 0 Å². The van der Waals surface area contributed by atoms with Crippen LogP contribution >= 0.6 is 11.3 Å². The van der Waals surface area contributed by atoms with E-state index >= 15 is 0 Å². The largest absolute Gasteiger partial charge is 0.351 e. The van der Waals surface area contributed by atoms with Gasteiger partial charge in [0.2, 0.25) is 0 Å². The fraction of sp³-hybridized carbons (Fsp3) is 0.533. The Kier molecular flexibility index (Phi) is 4.30. The lowest BCUT2D eigenvalue weighted by molar-refractivity contribution is 0.0944. The minimum atomic E-state index is 0.0450. The van der Waals surface area contributed by atoms with E-state index in [0.717, 1.165) is 25.2 Å². The number of thiophene rings is 1. The topological polar surface area (TPSA) is 34.0 Å². The first-order chi connectivity index (χ1) is 9.02. The molecule has 104 valence electrons. The molecule has 0 unspecified atom stereocenters. The molecule has 1 amide bonds. The molecule has 0 bridgehead atoms. The highest BCUT2D eigenvalue weighted by atomic mass is 32.1. The summed E-state index contributed by atoms with van der Waals surface area (Å²) in [7, 11) is 0. The van der Waals surface area contributed by atoms with Crippen LogP contribution in [0.5, 0.6) is 0 Å². The number of nitrogens with zero attached hydrogens (tertiary/aromatic N) is 1. The summed E-state index contributed by atoms with van der Waals surface area (Å²) in [5, 5.41) is 2.97. The smallest absolute Gasteiger partial charge is 0.267 e. The quantitative estimate of drug-likeness (QED) is 0.886. The summed E-state index contributed by atoms with van der Waals surface area (Å²) >= 11 is 1.75. The highest BCUT2D eigenvalue weighted by Crippen LogP contribution is 2.29. The van der Waals surface area contributed by atoms with Gasteiger partial charge in [0.1, 0.15) is 5.69 Å². The van der Waals surface area contributed by atoms with Crippen LogP contribution in [0.15, 0.2) is 12.1 Å². The van der Waals surface area contributed by atoms with Gasteiger partial charge in [-0.3, -0.25) is 4.79 Å². The highest BCUT2D eigenvalue weighted by molar-refractivity contribution is 7.19. The van der Waals surface area contributed by atoms with E-state index in [-0.39, 0.29) is 5.91 Å². The normalized spacial score (nSPS) is 11.4. The van der Waals surface area contributed by atoms with Crippen molar-refractivity contribution in [1.82, 2.24) is 9.88 Å². The predicted octanol–water partition coefficient (Wildman–Crippen LogP) is 3.81.